The first-order chi connectivity index (χ1) is 13.2. The van der Waals surface area contributed by atoms with E-state index in [0.717, 1.165) is 38.3 Å². The number of hydrazone groups is 1. The molecule has 6 heteroatoms. The molecule has 0 radical (unpaired) electrons. The molecule has 1 aliphatic rings. The highest BCUT2D eigenvalue weighted by atomic mass is 16.5. The zero-order valence-electron chi connectivity index (χ0n) is 16.3. The van der Waals surface area contributed by atoms with E-state index < -0.39 is 0 Å². The van der Waals surface area contributed by atoms with Crippen LogP contribution in [0.25, 0.3) is 0 Å². The lowest BCUT2D eigenvalue weighted by Crippen LogP contribution is -3.13. The second-order valence-corrected chi connectivity index (χ2v) is 6.57. The zero-order chi connectivity index (χ0) is 19.1. The molecule has 3 rings (SSSR count). The highest BCUT2D eigenvalue weighted by Crippen LogP contribution is 2.37. The minimum atomic E-state index is 0.593. The Hall–Kier alpha value is -2.73. The Morgan fingerprint density at radius 3 is 2.15 bits per heavy atom. The molecule has 0 bridgehead atoms. The Bertz CT molecular complexity index is 732. The predicted molar refractivity (Wildman–Crippen MR) is 106 cm³/mol. The number of nitrogens with one attached hydrogen (secondary N) is 1. The molecule has 0 aliphatic carbocycles. The number of piperazine rings is 1. The van der Waals surface area contributed by atoms with Crippen LogP contribution in [0.3, 0.4) is 0 Å². The lowest BCUT2D eigenvalue weighted by atomic mass is 10.2. The van der Waals surface area contributed by atoms with Gasteiger partial charge in [-0.2, -0.15) is 5.10 Å². The predicted octanol–water partition coefficient (Wildman–Crippen LogP) is 1.45. The van der Waals surface area contributed by atoms with Crippen LogP contribution in [0.4, 0.5) is 0 Å². The van der Waals surface area contributed by atoms with Crippen molar-refractivity contribution in [2.45, 2.75) is 6.54 Å². The van der Waals surface area contributed by atoms with Crippen LogP contribution in [0.5, 0.6) is 17.2 Å². The maximum atomic E-state index is 5.40. The van der Waals surface area contributed by atoms with E-state index in [-0.39, 0.29) is 0 Å². The van der Waals surface area contributed by atoms with E-state index in [1.54, 1.807) is 26.2 Å². The smallest absolute Gasteiger partial charge is 0.203 e. The molecule has 2 aromatic rings. The number of methoxy groups -OCH3 is 3. The van der Waals surface area contributed by atoms with Crippen molar-refractivity contribution in [1.29, 1.82) is 0 Å². The topological polar surface area (TPSA) is 47.7 Å². The van der Waals surface area contributed by atoms with E-state index in [1.807, 2.05) is 18.3 Å². The molecule has 6 nitrogen and oxygen atoms in total. The van der Waals surface area contributed by atoms with Crippen LogP contribution < -0.4 is 19.1 Å². The molecule has 1 fully saturated rings. The van der Waals surface area contributed by atoms with Crippen LogP contribution in [0.15, 0.2) is 47.6 Å². The summed E-state index contributed by atoms with van der Waals surface area (Å²) in [6, 6.07) is 14.5. The standard InChI is InChI=1S/C21H27N3O3/c1-25-19-13-18(14-20(26-2)21(19)27-3)15-22-24-11-9-23(10-12-24)16-17-7-5-4-6-8-17/h4-8,13-15H,9-12,16H2,1-3H3/p+1/b22-15-. The fraction of sp³-hybridized carbons (Fsp3) is 0.381. The summed E-state index contributed by atoms with van der Waals surface area (Å²) in [4.78, 5) is 1.60. The van der Waals surface area contributed by atoms with Gasteiger partial charge in [0.15, 0.2) is 11.5 Å². The second kappa shape index (κ2) is 9.28. The first-order valence-electron chi connectivity index (χ1n) is 9.20. The Balaban J connectivity index is 1.59. The van der Waals surface area contributed by atoms with Gasteiger partial charge in [-0.3, -0.25) is 5.01 Å². The normalized spacial score (nSPS) is 15.1. The van der Waals surface area contributed by atoms with Gasteiger partial charge in [0.1, 0.15) is 6.54 Å². The fourth-order valence-corrected chi connectivity index (χ4v) is 3.31. The van der Waals surface area contributed by atoms with Crippen LogP contribution in [0.2, 0.25) is 0 Å². The summed E-state index contributed by atoms with van der Waals surface area (Å²) in [7, 11) is 4.84. The molecule has 1 saturated heterocycles. The summed E-state index contributed by atoms with van der Waals surface area (Å²) in [6.07, 6.45) is 1.85. The highest BCUT2D eigenvalue weighted by molar-refractivity contribution is 5.82. The van der Waals surface area contributed by atoms with Gasteiger partial charge in [0.05, 0.1) is 53.7 Å². The summed E-state index contributed by atoms with van der Waals surface area (Å²) >= 11 is 0. The second-order valence-electron chi connectivity index (χ2n) is 6.57. The maximum absolute atomic E-state index is 5.40. The molecule has 144 valence electrons. The molecular formula is C21H28N3O3+. The third-order valence-corrected chi connectivity index (χ3v) is 4.80. The van der Waals surface area contributed by atoms with Crippen molar-refractivity contribution in [2.24, 2.45) is 5.10 Å². The van der Waals surface area contributed by atoms with Gasteiger partial charge < -0.3 is 19.1 Å². The molecule has 2 aromatic carbocycles. The summed E-state index contributed by atoms with van der Waals surface area (Å²) in [5, 5.41) is 6.77. The van der Waals surface area contributed by atoms with Crippen molar-refractivity contribution in [3.63, 3.8) is 0 Å². The van der Waals surface area contributed by atoms with Gasteiger partial charge in [0.25, 0.3) is 0 Å². The largest absolute Gasteiger partial charge is 0.493 e. The van der Waals surface area contributed by atoms with Gasteiger partial charge in [0, 0.05) is 11.1 Å². The summed E-state index contributed by atoms with van der Waals surface area (Å²) in [5.41, 5.74) is 2.31. The number of rotatable bonds is 7. The van der Waals surface area contributed by atoms with Gasteiger partial charge in [-0.05, 0) is 12.1 Å². The van der Waals surface area contributed by atoms with Crippen LogP contribution in [-0.4, -0.2) is 58.7 Å². The Morgan fingerprint density at radius 1 is 0.963 bits per heavy atom. The van der Waals surface area contributed by atoms with Crippen LogP contribution >= 0.6 is 0 Å². The van der Waals surface area contributed by atoms with Gasteiger partial charge in [-0.15, -0.1) is 0 Å². The van der Waals surface area contributed by atoms with E-state index >= 15 is 0 Å². The van der Waals surface area contributed by atoms with Crippen molar-refractivity contribution in [3.8, 4) is 17.2 Å². The van der Waals surface area contributed by atoms with Crippen molar-refractivity contribution < 1.29 is 19.1 Å². The molecule has 0 atom stereocenters. The number of hydrogen-bond donors (Lipinski definition) is 1. The minimum absolute atomic E-state index is 0.593. The average Bonchev–Trinajstić information content (AvgIpc) is 2.73. The first kappa shape index (κ1) is 19.0. The molecule has 1 heterocycles. The minimum Gasteiger partial charge on any atom is -0.493 e. The van der Waals surface area contributed by atoms with Crippen molar-refractivity contribution in [3.05, 3.63) is 53.6 Å². The lowest BCUT2D eigenvalue weighted by Gasteiger charge is -2.30. The molecule has 27 heavy (non-hydrogen) atoms. The van der Waals surface area contributed by atoms with Crippen LogP contribution in [-0.2, 0) is 6.54 Å². The number of hydrogen-bond acceptors (Lipinski definition) is 5. The molecule has 0 saturated carbocycles. The van der Waals surface area contributed by atoms with Gasteiger partial charge in [0.2, 0.25) is 5.75 Å². The van der Waals surface area contributed by atoms with E-state index in [2.05, 4.69) is 40.4 Å². The summed E-state index contributed by atoms with van der Waals surface area (Å²) in [5.74, 6) is 1.86. The SMILES string of the molecule is COc1cc(/C=N\N2CC[NH+](Cc3ccccc3)CC2)cc(OC)c1OC. The third-order valence-electron chi connectivity index (χ3n) is 4.80. The van der Waals surface area contributed by atoms with Crippen molar-refractivity contribution >= 4 is 6.21 Å². The van der Waals surface area contributed by atoms with Gasteiger partial charge >= 0.3 is 0 Å². The van der Waals surface area contributed by atoms with E-state index in [1.165, 1.54) is 5.56 Å². The molecule has 0 amide bonds. The lowest BCUT2D eigenvalue weighted by molar-refractivity contribution is -0.918. The number of quaternary nitrogens is 1. The zero-order valence-corrected chi connectivity index (χ0v) is 16.3. The van der Waals surface area contributed by atoms with Crippen LogP contribution in [0, 0.1) is 0 Å². The molecule has 0 unspecified atom stereocenters. The fourth-order valence-electron chi connectivity index (χ4n) is 3.31. The highest BCUT2D eigenvalue weighted by Gasteiger charge is 2.19. The van der Waals surface area contributed by atoms with Crippen LogP contribution in [0.1, 0.15) is 11.1 Å². The first-order valence-corrected chi connectivity index (χ1v) is 9.20. The van der Waals surface area contributed by atoms with Crippen molar-refractivity contribution in [1.82, 2.24) is 5.01 Å². The monoisotopic (exact) mass is 370 g/mol. The molecule has 1 aliphatic heterocycles. The quantitative estimate of drug-likeness (QED) is 0.750. The van der Waals surface area contributed by atoms with Gasteiger partial charge in [-0.25, -0.2) is 0 Å². The Kier molecular flexibility index (Phi) is 6.54. The van der Waals surface area contributed by atoms with E-state index in [0.29, 0.717) is 17.2 Å². The van der Waals surface area contributed by atoms with Gasteiger partial charge in [-0.1, -0.05) is 30.3 Å². The average molecular weight is 370 g/mol. The number of benzene rings is 2. The molecule has 0 spiro atoms. The number of nitrogens with zero attached hydrogens (tertiary/aromatic N) is 2. The van der Waals surface area contributed by atoms with Crippen molar-refractivity contribution in [2.75, 3.05) is 47.5 Å². The molecular weight excluding hydrogens is 342 g/mol. The summed E-state index contributed by atoms with van der Waals surface area (Å²) < 4.78 is 16.2. The third kappa shape index (κ3) is 4.92. The maximum Gasteiger partial charge on any atom is 0.203 e. The Labute approximate surface area is 160 Å². The molecule has 1 N–H and O–H groups in total. The van der Waals surface area contributed by atoms with E-state index in [4.69, 9.17) is 14.2 Å². The molecule has 0 aromatic heterocycles. The summed E-state index contributed by atoms with van der Waals surface area (Å²) in [6.45, 7) is 5.14. The van der Waals surface area contributed by atoms with E-state index in [9.17, 15) is 0 Å². The number of ether oxygens (including phenoxy) is 3. The Morgan fingerprint density at radius 2 is 1.59 bits per heavy atom.